The number of halogens is 1. The highest BCUT2D eigenvalue weighted by Gasteiger charge is 2.14. The molecule has 22 heavy (non-hydrogen) atoms. The van der Waals surface area contributed by atoms with Gasteiger partial charge in [-0.1, -0.05) is 26.0 Å². The average molecular weight is 298 g/mol. The first kappa shape index (κ1) is 14.3. The predicted octanol–water partition coefficient (Wildman–Crippen LogP) is 4.43. The van der Waals surface area contributed by atoms with Crippen molar-refractivity contribution in [1.29, 1.82) is 0 Å². The van der Waals surface area contributed by atoms with Crippen LogP contribution in [0.4, 0.5) is 4.39 Å². The quantitative estimate of drug-likeness (QED) is 0.761. The number of benzene rings is 2. The lowest BCUT2D eigenvalue weighted by atomic mass is 9.98. The number of aromatic hydroxyl groups is 1. The molecule has 0 bridgehead atoms. The van der Waals surface area contributed by atoms with Gasteiger partial charge in [-0.05, 0) is 35.2 Å². The van der Waals surface area contributed by atoms with Gasteiger partial charge in [-0.25, -0.2) is 4.39 Å². The van der Waals surface area contributed by atoms with Gasteiger partial charge in [0.15, 0.2) is 0 Å². The summed E-state index contributed by atoms with van der Waals surface area (Å²) in [6.45, 7) is 3.87. The van der Waals surface area contributed by atoms with Crippen LogP contribution in [-0.4, -0.2) is 5.11 Å². The first-order valence-electron chi connectivity index (χ1n) is 7.01. The molecule has 0 atom stereocenters. The van der Waals surface area contributed by atoms with Crippen LogP contribution >= 0.6 is 0 Å². The van der Waals surface area contributed by atoms with Gasteiger partial charge in [-0.3, -0.25) is 4.79 Å². The van der Waals surface area contributed by atoms with Crippen LogP contribution in [0.5, 0.6) is 5.75 Å². The Bertz CT molecular complexity index is 893. The standard InChI is InChI=1S/C18H15FO3/c1-10(2)13-7-14-17(8-16(13)20)22-9-15(18(14)21)11-3-5-12(19)6-4-11/h3-10,20H,1-2H3. The zero-order valence-electron chi connectivity index (χ0n) is 12.3. The summed E-state index contributed by atoms with van der Waals surface area (Å²) in [5, 5.41) is 10.4. The van der Waals surface area contributed by atoms with Gasteiger partial charge in [-0.2, -0.15) is 0 Å². The van der Waals surface area contributed by atoms with Crippen molar-refractivity contribution in [2.24, 2.45) is 0 Å². The Morgan fingerprint density at radius 1 is 1.14 bits per heavy atom. The highest BCUT2D eigenvalue weighted by molar-refractivity contribution is 5.83. The number of rotatable bonds is 2. The summed E-state index contributed by atoms with van der Waals surface area (Å²) in [4.78, 5) is 12.7. The summed E-state index contributed by atoms with van der Waals surface area (Å²) in [7, 11) is 0. The third-order valence-electron chi connectivity index (χ3n) is 3.70. The molecule has 0 radical (unpaired) electrons. The van der Waals surface area contributed by atoms with E-state index in [0.717, 1.165) is 0 Å². The molecule has 0 aliphatic heterocycles. The van der Waals surface area contributed by atoms with Crippen LogP contribution < -0.4 is 5.43 Å². The second-order valence-corrected chi connectivity index (χ2v) is 5.55. The number of phenols is 1. The third kappa shape index (κ3) is 2.37. The van der Waals surface area contributed by atoms with Gasteiger partial charge in [0.25, 0.3) is 0 Å². The molecule has 1 N–H and O–H groups in total. The second kappa shape index (κ2) is 5.30. The van der Waals surface area contributed by atoms with E-state index in [2.05, 4.69) is 0 Å². The highest BCUT2D eigenvalue weighted by atomic mass is 19.1. The summed E-state index contributed by atoms with van der Waals surface area (Å²) >= 11 is 0. The first-order valence-corrected chi connectivity index (χ1v) is 7.01. The molecule has 0 aliphatic carbocycles. The van der Waals surface area contributed by atoms with E-state index in [1.165, 1.54) is 36.6 Å². The van der Waals surface area contributed by atoms with Crippen LogP contribution in [0.15, 0.2) is 51.9 Å². The van der Waals surface area contributed by atoms with Crippen LogP contribution in [0.25, 0.3) is 22.1 Å². The molecule has 0 fully saturated rings. The van der Waals surface area contributed by atoms with Crippen molar-refractivity contribution >= 4 is 11.0 Å². The Morgan fingerprint density at radius 3 is 2.45 bits per heavy atom. The van der Waals surface area contributed by atoms with Gasteiger partial charge in [0.05, 0.1) is 10.9 Å². The molecule has 0 spiro atoms. The second-order valence-electron chi connectivity index (χ2n) is 5.55. The van der Waals surface area contributed by atoms with E-state index in [0.29, 0.717) is 27.7 Å². The Balaban J connectivity index is 2.26. The summed E-state index contributed by atoms with van der Waals surface area (Å²) < 4.78 is 18.5. The summed E-state index contributed by atoms with van der Waals surface area (Å²) in [6.07, 6.45) is 1.34. The van der Waals surface area contributed by atoms with Crippen LogP contribution in [0.2, 0.25) is 0 Å². The van der Waals surface area contributed by atoms with Crippen molar-refractivity contribution in [1.82, 2.24) is 0 Å². The molecule has 1 heterocycles. The SMILES string of the molecule is CC(C)c1cc2c(=O)c(-c3ccc(F)cc3)coc2cc1O. The number of hydrogen-bond acceptors (Lipinski definition) is 3. The van der Waals surface area contributed by atoms with E-state index in [4.69, 9.17) is 4.42 Å². The summed E-state index contributed by atoms with van der Waals surface area (Å²) in [5.74, 6) is -0.167. The van der Waals surface area contributed by atoms with E-state index in [-0.39, 0.29) is 22.9 Å². The lowest BCUT2D eigenvalue weighted by Crippen LogP contribution is -2.05. The topological polar surface area (TPSA) is 50.4 Å². The van der Waals surface area contributed by atoms with Crippen LogP contribution in [0, 0.1) is 5.82 Å². The summed E-state index contributed by atoms with van der Waals surface area (Å²) in [6, 6.07) is 8.80. The molecule has 0 saturated heterocycles. The zero-order valence-corrected chi connectivity index (χ0v) is 12.3. The number of hydrogen-bond donors (Lipinski definition) is 1. The molecule has 3 rings (SSSR count). The van der Waals surface area contributed by atoms with Crippen LogP contribution in [-0.2, 0) is 0 Å². The summed E-state index contributed by atoms with van der Waals surface area (Å²) in [5.41, 5.74) is 1.78. The number of fused-ring (bicyclic) bond motifs is 1. The van der Waals surface area contributed by atoms with Gasteiger partial charge in [0, 0.05) is 6.07 Å². The molecular weight excluding hydrogens is 283 g/mol. The molecule has 0 amide bonds. The van der Waals surface area contributed by atoms with Gasteiger partial charge in [0.2, 0.25) is 5.43 Å². The molecule has 4 heteroatoms. The fourth-order valence-corrected chi connectivity index (χ4v) is 2.47. The van der Waals surface area contributed by atoms with E-state index in [9.17, 15) is 14.3 Å². The average Bonchev–Trinajstić information content (AvgIpc) is 2.48. The molecule has 0 aliphatic rings. The minimum Gasteiger partial charge on any atom is -0.508 e. The normalized spacial score (nSPS) is 11.3. The van der Waals surface area contributed by atoms with Crippen molar-refractivity contribution in [2.75, 3.05) is 0 Å². The molecule has 1 aromatic heterocycles. The van der Waals surface area contributed by atoms with E-state index < -0.39 is 0 Å². The Kier molecular flexibility index (Phi) is 3.45. The fraction of sp³-hybridized carbons (Fsp3) is 0.167. The maximum absolute atomic E-state index is 13.0. The van der Waals surface area contributed by atoms with Gasteiger partial charge < -0.3 is 9.52 Å². The molecule has 3 aromatic rings. The fourth-order valence-electron chi connectivity index (χ4n) is 2.47. The van der Waals surface area contributed by atoms with Crippen molar-refractivity contribution in [3.63, 3.8) is 0 Å². The van der Waals surface area contributed by atoms with Crippen molar-refractivity contribution in [3.8, 4) is 16.9 Å². The van der Waals surface area contributed by atoms with E-state index >= 15 is 0 Å². The van der Waals surface area contributed by atoms with Crippen molar-refractivity contribution in [2.45, 2.75) is 19.8 Å². The van der Waals surface area contributed by atoms with Gasteiger partial charge in [-0.15, -0.1) is 0 Å². The van der Waals surface area contributed by atoms with Gasteiger partial charge >= 0.3 is 0 Å². The van der Waals surface area contributed by atoms with E-state index in [1.54, 1.807) is 6.07 Å². The first-order chi connectivity index (χ1) is 10.5. The van der Waals surface area contributed by atoms with Crippen LogP contribution in [0.1, 0.15) is 25.3 Å². The Labute approximate surface area is 126 Å². The molecule has 3 nitrogen and oxygen atoms in total. The lowest BCUT2D eigenvalue weighted by molar-refractivity contribution is 0.463. The van der Waals surface area contributed by atoms with Crippen molar-refractivity contribution < 1.29 is 13.9 Å². The maximum Gasteiger partial charge on any atom is 0.200 e. The van der Waals surface area contributed by atoms with Crippen LogP contribution in [0.3, 0.4) is 0 Å². The molecule has 2 aromatic carbocycles. The molecule has 112 valence electrons. The third-order valence-corrected chi connectivity index (χ3v) is 3.70. The molecule has 0 saturated carbocycles. The largest absolute Gasteiger partial charge is 0.508 e. The molecular formula is C18H15FO3. The van der Waals surface area contributed by atoms with Crippen molar-refractivity contribution in [3.05, 3.63) is 64.3 Å². The Hall–Kier alpha value is -2.62. The smallest absolute Gasteiger partial charge is 0.200 e. The zero-order chi connectivity index (χ0) is 15.9. The lowest BCUT2D eigenvalue weighted by Gasteiger charge is -2.10. The maximum atomic E-state index is 13.0. The number of phenolic OH excluding ortho intramolecular Hbond substituents is 1. The molecule has 0 unspecified atom stereocenters. The highest BCUT2D eigenvalue weighted by Crippen LogP contribution is 2.30. The minimum absolute atomic E-state index is 0.0817. The van der Waals surface area contributed by atoms with Gasteiger partial charge in [0.1, 0.15) is 23.4 Å². The monoisotopic (exact) mass is 298 g/mol. The minimum atomic E-state index is -0.360. The predicted molar refractivity (Wildman–Crippen MR) is 83.6 cm³/mol. The Morgan fingerprint density at radius 2 is 1.82 bits per heavy atom. The van der Waals surface area contributed by atoms with E-state index in [1.807, 2.05) is 13.8 Å².